The molecule has 20 heavy (non-hydrogen) atoms. The number of carbonyl (C=O) groups excluding carboxylic acids is 1. The maximum atomic E-state index is 10.9. The Kier molecular flexibility index (Phi) is 7.02. The van der Waals surface area contributed by atoms with E-state index in [1.807, 2.05) is 0 Å². The zero-order valence-corrected chi connectivity index (χ0v) is 12.4. The number of methoxy groups -OCH3 is 1. The molecule has 0 aliphatic heterocycles. The van der Waals surface area contributed by atoms with Gasteiger partial charge < -0.3 is 14.9 Å². The average molecular weight is 319 g/mol. The zero-order chi connectivity index (χ0) is 15.1. The van der Waals surface area contributed by atoms with Crippen molar-refractivity contribution in [3.8, 4) is 0 Å². The number of hydrogen-bond donors (Lipinski definition) is 2. The second kappa shape index (κ2) is 8.27. The summed E-state index contributed by atoms with van der Waals surface area (Å²) in [5.74, 6) is -0.519. The summed E-state index contributed by atoms with van der Waals surface area (Å²) in [4.78, 5) is 10.9. The third-order valence-corrected chi connectivity index (χ3v) is 3.17. The van der Waals surface area contributed by atoms with E-state index in [1.165, 1.54) is 13.2 Å². The fraction of sp³-hybridized carbons (Fsp3) is 0.357. The first-order valence-electron chi connectivity index (χ1n) is 5.98. The molecule has 0 aliphatic rings. The van der Waals surface area contributed by atoms with Crippen LogP contribution in [0.25, 0.3) is 6.08 Å². The van der Waals surface area contributed by atoms with Crippen LogP contribution in [-0.4, -0.2) is 35.5 Å². The van der Waals surface area contributed by atoms with E-state index < -0.39 is 18.2 Å². The lowest BCUT2D eigenvalue weighted by Gasteiger charge is -2.11. The Morgan fingerprint density at radius 2 is 2.10 bits per heavy atom. The quantitative estimate of drug-likeness (QED) is 0.791. The molecular weight excluding hydrogens is 303 g/mol. The van der Waals surface area contributed by atoms with Gasteiger partial charge in [0.25, 0.3) is 0 Å². The summed E-state index contributed by atoms with van der Waals surface area (Å²) < 4.78 is 4.43. The number of esters is 1. The largest absolute Gasteiger partial charge is 0.469 e. The fourth-order valence-electron chi connectivity index (χ4n) is 1.57. The van der Waals surface area contributed by atoms with Crippen molar-refractivity contribution >= 4 is 35.2 Å². The third kappa shape index (κ3) is 5.92. The summed E-state index contributed by atoms with van der Waals surface area (Å²) in [6, 6.07) is 5.01. The zero-order valence-electron chi connectivity index (χ0n) is 10.9. The highest BCUT2D eigenvalue weighted by Gasteiger charge is 2.14. The summed E-state index contributed by atoms with van der Waals surface area (Å²) in [5, 5.41) is 20.3. The molecule has 2 N–H and O–H groups in total. The lowest BCUT2D eigenvalue weighted by atomic mass is 10.1. The number of ether oxygens (including phenoxy) is 1. The van der Waals surface area contributed by atoms with E-state index in [4.69, 9.17) is 23.2 Å². The van der Waals surface area contributed by atoms with E-state index in [0.717, 1.165) is 0 Å². The van der Waals surface area contributed by atoms with Crippen molar-refractivity contribution in [2.24, 2.45) is 0 Å². The van der Waals surface area contributed by atoms with Crippen LogP contribution < -0.4 is 0 Å². The molecule has 0 fully saturated rings. The summed E-state index contributed by atoms with van der Waals surface area (Å²) in [5.41, 5.74) is 0.706. The molecule has 110 valence electrons. The van der Waals surface area contributed by atoms with Gasteiger partial charge in [-0.2, -0.15) is 0 Å². The molecule has 0 bridgehead atoms. The number of hydrogen-bond acceptors (Lipinski definition) is 4. The Morgan fingerprint density at radius 3 is 2.70 bits per heavy atom. The van der Waals surface area contributed by atoms with Gasteiger partial charge in [0.05, 0.1) is 25.7 Å². The normalized spacial score (nSPS) is 14.2. The van der Waals surface area contributed by atoms with E-state index in [9.17, 15) is 15.0 Å². The van der Waals surface area contributed by atoms with Crippen molar-refractivity contribution in [3.05, 3.63) is 39.9 Å². The summed E-state index contributed by atoms with van der Waals surface area (Å²) in [6.07, 6.45) is 1.17. The van der Waals surface area contributed by atoms with Crippen molar-refractivity contribution in [1.82, 2.24) is 0 Å². The van der Waals surface area contributed by atoms with E-state index >= 15 is 0 Å². The molecule has 0 radical (unpaired) electrons. The van der Waals surface area contributed by atoms with Crippen molar-refractivity contribution in [2.75, 3.05) is 7.11 Å². The lowest BCUT2D eigenvalue weighted by molar-refractivity contribution is -0.143. The van der Waals surface area contributed by atoms with Gasteiger partial charge in [0.2, 0.25) is 0 Å². The van der Waals surface area contributed by atoms with Gasteiger partial charge in [-0.05, 0) is 17.7 Å². The van der Waals surface area contributed by atoms with Gasteiger partial charge in [0, 0.05) is 16.5 Å². The highest BCUT2D eigenvalue weighted by molar-refractivity contribution is 6.35. The highest BCUT2D eigenvalue weighted by Crippen LogP contribution is 2.22. The van der Waals surface area contributed by atoms with Crippen LogP contribution in [0, 0.1) is 0 Å². The molecular formula is C14H16Cl2O4. The monoisotopic (exact) mass is 318 g/mol. The first-order chi connectivity index (χ1) is 9.42. The van der Waals surface area contributed by atoms with Crippen LogP contribution in [0.2, 0.25) is 10.0 Å². The number of benzene rings is 1. The second-order valence-corrected chi connectivity index (χ2v) is 5.11. The molecule has 1 rings (SSSR count). The van der Waals surface area contributed by atoms with Crippen molar-refractivity contribution in [2.45, 2.75) is 25.0 Å². The molecule has 0 aliphatic carbocycles. The number of rotatable bonds is 6. The molecule has 0 heterocycles. The van der Waals surface area contributed by atoms with Gasteiger partial charge in [-0.15, -0.1) is 0 Å². The van der Waals surface area contributed by atoms with Gasteiger partial charge in [-0.25, -0.2) is 0 Å². The van der Waals surface area contributed by atoms with Gasteiger partial charge in [-0.3, -0.25) is 4.79 Å². The molecule has 6 heteroatoms. The van der Waals surface area contributed by atoms with Gasteiger partial charge in [0.1, 0.15) is 0 Å². The minimum Gasteiger partial charge on any atom is -0.469 e. The van der Waals surface area contributed by atoms with Crippen LogP contribution >= 0.6 is 23.2 Å². The van der Waals surface area contributed by atoms with E-state index in [1.54, 1.807) is 24.3 Å². The van der Waals surface area contributed by atoms with E-state index in [2.05, 4.69) is 4.74 Å². The van der Waals surface area contributed by atoms with Crippen LogP contribution in [0.3, 0.4) is 0 Å². The maximum absolute atomic E-state index is 10.9. The second-order valence-electron chi connectivity index (χ2n) is 4.26. The Balaban J connectivity index is 2.54. The molecule has 0 aromatic heterocycles. The SMILES string of the molecule is COC(=O)C[C@H](O)C[C@H](O)C=Cc1ccc(Cl)cc1Cl. The predicted molar refractivity (Wildman–Crippen MR) is 78.8 cm³/mol. The van der Waals surface area contributed by atoms with Crippen molar-refractivity contribution in [3.63, 3.8) is 0 Å². The van der Waals surface area contributed by atoms with Crippen LogP contribution in [0.1, 0.15) is 18.4 Å². The van der Waals surface area contributed by atoms with E-state index in [0.29, 0.717) is 15.6 Å². The standard InChI is InChI=1S/C14H16Cl2O4/c1-20-14(19)8-12(18)7-11(17)5-3-9-2-4-10(15)6-13(9)16/h2-6,11-12,17-18H,7-8H2,1H3/t11-,12-/m1/s1. The molecule has 0 saturated carbocycles. The number of aliphatic hydroxyl groups is 2. The first kappa shape index (κ1) is 17.0. The fourth-order valence-corrected chi connectivity index (χ4v) is 2.04. The van der Waals surface area contributed by atoms with Crippen LogP contribution in [-0.2, 0) is 9.53 Å². The summed E-state index contributed by atoms with van der Waals surface area (Å²) in [6.45, 7) is 0. The van der Waals surface area contributed by atoms with Crippen LogP contribution in [0.4, 0.5) is 0 Å². The highest BCUT2D eigenvalue weighted by atomic mass is 35.5. The molecule has 1 aromatic carbocycles. The molecule has 0 spiro atoms. The minimum absolute atomic E-state index is 0.0385. The first-order valence-corrected chi connectivity index (χ1v) is 6.74. The van der Waals surface area contributed by atoms with Gasteiger partial charge in [0.15, 0.2) is 0 Å². The van der Waals surface area contributed by atoms with Gasteiger partial charge >= 0.3 is 5.97 Å². The molecule has 0 saturated heterocycles. The summed E-state index contributed by atoms with van der Waals surface area (Å²) in [7, 11) is 1.24. The Labute approximate surface area is 127 Å². The van der Waals surface area contributed by atoms with Gasteiger partial charge in [-0.1, -0.05) is 41.4 Å². The molecule has 1 aromatic rings. The molecule has 0 amide bonds. The third-order valence-electron chi connectivity index (χ3n) is 2.60. The smallest absolute Gasteiger partial charge is 0.308 e. The molecule has 4 nitrogen and oxygen atoms in total. The van der Waals surface area contributed by atoms with Crippen molar-refractivity contribution in [1.29, 1.82) is 0 Å². The van der Waals surface area contributed by atoms with E-state index in [-0.39, 0.29) is 12.8 Å². The lowest BCUT2D eigenvalue weighted by Crippen LogP contribution is -2.20. The predicted octanol–water partition coefficient (Wildman–Crippen LogP) is 2.68. The minimum atomic E-state index is -0.956. The Bertz CT molecular complexity index is 488. The topological polar surface area (TPSA) is 66.8 Å². The molecule has 2 atom stereocenters. The maximum Gasteiger partial charge on any atom is 0.308 e. The number of carbonyl (C=O) groups is 1. The van der Waals surface area contributed by atoms with Crippen molar-refractivity contribution < 1.29 is 19.7 Å². The Hall–Kier alpha value is -1.07. The number of aliphatic hydroxyl groups excluding tert-OH is 2. The molecule has 0 unspecified atom stereocenters. The summed E-state index contributed by atoms with van der Waals surface area (Å²) >= 11 is 11.8. The van der Waals surface area contributed by atoms with Crippen LogP contribution in [0.15, 0.2) is 24.3 Å². The Morgan fingerprint density at radius 1 is 1.40 bits per heavy atom. The average Bonchev–Trinajstić information content (AvgIpc) is 2.37. The van der Waals surface area contributed by atoms with Crippen LogP contribution in [0.5, 0.6) is 0 Å². The number of halogens is 2.